The van der Waals surface area contributed by atoms with Gasteiger partial charge in [-0.1, -0.05) is 25.5 Å². The van der Waals surface area contributed by atoms with Crippen molar-refractivity contribution in [2.75, 3.05) is 5.32 Å². The average Bonchev–Trinajstić information content (AvgIpc) is 3.02. The van der Waals surface area contributed by atoms with Crippen LogP contribution in [-0.4, -0.2) is 25.7 Å². The lowest BCUT2D eigenvalue weighted by Gasteiger charge is -2.09. The first kappa shape index (κ1) is 16.7. The maximum absolute atomic E-state index is 12.1. The summed E-state index contributed by atoms with van der Waals surface area (Å²) in [6.45, 7) is 2.22. The van der Waals surface area contributed by atoms with Gasteiger partial charge in [-0.15, -0.1) is 0 Å². The number of fused-ring (bicyclic) bond motifs is 1. The Labute approximate surface area is 142 Å². The number of aromatic nitrogens is 4. The second kappa shape index (κ2) is 7.16. The van der Waals surface area contributed by atoms with Gasteiger partial charge in [0.2, 0.25) is 5.91 Å². The van der Waals surface area contributed by atoms with Crippen molar-refractivity contribution in [1.82, 2.24) is 19.7 Å². The Kier molecular flexibility index (Phi) is 4.78. The molecule has 0 aliphatic carbocycles. The van der Waals surface area contributed by atoms with Gasteiger partial charge in [0.15, 0.2) is 5.82 Å². The summed E-state index contributed by atoms with van der Waals surface area (Å²) >= 11 is 0. The summed E-state index contributed by atoms with van der Waals surface area (Å²) in [5.41, 5.74) is 0.512. The van der Waals surface area contributed by atoms with Crippen molar-refractivity contribution in [2.45, 2.75) is 32.7 Å². The highest BCUT2D eigenvalue weighted by atomic mass is 16.2. The maximum Gasteiger partial charge on any atom is 0.328 e. The minimum atomic E-state index is -0.526. The molecule has 0 spiro atoms. The second-order valence-corrected chi connectivity index (χ2v) is 5.75. The van der Waals surface area contributed by atoms with E-state index in [1.54, 1.807) is 30.3 Å². The number of carbonyl (C=O) groups excluding carboxylic acids is 1. The molecule has 0 saturated carbocycles. The zero-order valence-corrected chi connectivity index (χ0v) is 13.8. The largest absolute Gasteiger partial charge is 0.328 e. The molecule has 2 heterocycles. The summed E-state index contributed by atoms with van der Waals surface area (Å²) in [6.07, 6.45) is 1.94. The summed E-state index contributed by atoms with van der Waals surface area (Å²) in [6, 6.07) is 8.60. The number of rotatable bonds is 6. The lowest BCUT2D eigenvalue weighted by molar-refractivity contribution is -0.116. The van der Waals surface area contributed by atoms with Crippen molar-refractivity contribution in [3.8, 4) is 0 Å². The Bertz CT molecular complexity index is 1010. The molecular formula is C17H19N5O3. The molecule has 0 unspecified atom stereocenters. The lowest BCUT2D eigenvalue weighted by atomic mass is 10.2. The third kappa shape index (κ3) is 3.68. The third-order valence-corrected chi connectivity index (χ3v) is 3.89. The van der Waals surface area contributed by atoms with Gasteiger partial charge in [-0.25, -0.2) is 4.79 Å². The summed E-state index contributed by atoms with van der Waals surface area (Å²) in [4.78, 5) is 38.3. The van der Waals surface area contributed by atoms with Crippen LogP contribution in [0.15, 0.2) is 39.9 Å². The summed E-state index contributed by atoms with van der Waals surface area (Å²) in [7, 11) is 0. The van der Waals surface area contributed by atoms with Crippen LogP contribution in [-0.2, 0) is 17.8 Å². The van der Waals surface area contributed by atoms with Crippen LogP contribution < -0.4 is 16.6 Å². The van der Waals surface area contributed by atoms with E-state index in [0.717, 1.165) is 18.5 Å². The fraction of sp³-hybridized carbons (Fsp3) is 0.294. The number of carbonyl (C=O) groups is 1. The van der Waals surface area contributed by atoms with Crippen LogP contribution in [0.2, 0.25) is 0 Å². The van der Waals surface area contributed by atoms with Crippen LogP contribution in [0.25, 0.3) is 10.9 Å². The number of hydrogen-bond donors (Lipinski definition) is 3. The van der Waals surface area contributed by atoms with Crippen LogP contribution in [0.5, 0.6) is 0 Å². The predicted octanol–water partition coefficient (Wildman–Crippen LogP) is 1.39. The molecule has 1 aromatic carbocycles. The van der Waals surface area contributed by atoms with Crippen molar-refractivity contribution in [3.63, 3.8) is 0 Å². The molecule has 2 aromatic heterocycles. The van der Waals surface area contributed by atoms with Crippen LogP contribution in [0.4, 0.5) is 5.82 Å². The van der Waals surface area contributed by atoms with Crippen LogP contribution in [0.3, 0.4) is 0 Å². The SMILES string of the molecule is CCCc1cc(NC(=O)CCn2c(=O)[nH]c(=O)c3ccccc32)n[nH]1. The second-order valence-electron chi connectivity index (χ2n) is 5.75. The summed E-state index contributed by atoms with van der Waals surface area (Å²) < 4.78 is 1.39. The van der Waals surface area contributed by atoms with E-state index in [9.17, 15) is 14.4 Å². The van der Waals surface area contributed by atoms with Gasteiger partial charge in [0.05, 0.1) is 10.9 Å². The number of hydrogen-bond acceptors (Lipinski definition) is 4. The Balaban J connectivity index is 1.73. The number of nitrogens with one attached hydrogen (secondary N) is 3. The van der Waals surface area contributed by atoms with Gasteiger partial charge in [0.25, 0.3) is 5.56 Å². The first-order valence-corrected chi connectivity index (χ1v) is 8.14. The van der Waals surface area contributed by atoms with Gasteiger partial charge in [-0.2, -0.15) is 5.10 Å². The zero-order valence-electron chi connectivity index (χ0n) is 13.8. The molecule has 8 heteroatoms. The van der Waals surface area contributed by atoms with Crippen LogP contribution in [0, 0.1) is 0 Å². The van der Waals surface area contributed by atoms with Crippen LogP contribution in [0.1, 0.15) is 25.5 Å². The number of para-hydroxylation sites is 1. The molecule has 0 radical (unpaired) electrons. The molecule has 0 saturated heterocycles. The number of aryl methyl sites for hydroxylation is 2. The van der Waals surface area contributed by atoms with Gasteiger partial charge >= 0.3 is 5.69 Å². The Morgan fingerprint density at radius 3 is 2.88 bits per heavy atom. The maximum atomic E-state index is 12.1. The highest BCUT2D eigenvalue weighted by molar-refractivity contribution is 5.89. The van der Waals surface area contributed by atoms with Crippen molar-refractivity contribution < 1.29 is 4.79 Å². The fourth-order valence-corrected chi connectivity index (χ4v) is 2.71. The van der Waals surface area contributed by atoms with E-state index in [4.69, 9.17) is 0 Å². The van der Waals surface area contributed by atoms with Crippen LogP contribution >= 0.6 is 0 Å². The number of anilines is 1. The van der Waals surface area contributed by atoms with Crippen molar-refractivity contribution >= 4 is 22.6 Å². The molecule has 3 N–H and O–H groups in total. The number of aromatic amines is 2. The molecule has 3 aromatic rings. The van der Waals surface area contributed by atoms with E-state index in [2.05, 4.69) is 27.4 Å². The van der Waals surface area contributed by atoms with E-state index in [0.29, 0.717) is 16.7 Å². The molecule has 0 aliphatic rings. The third-order valence-electron chi connectivity index (χ3n) is 3.89. The highest BCUT2D eigenvalue weighted by Gasteiger charge is 2.10. The first-order valence-electron chi connectivity index (χ1n) is 8.14. The molecule has 0 fully saturated rings. The molecule has 1 amide bonds. The Morgan fingerprint density at radius 1 is 1.28 bits per heavy atom. The molecule has 3 rings (SSSR count). The van der Waals surface area contributed by atoms with E-state index >= 15 is 0 Å². The molecule has 0 atom stereocenters. The number of amides is 1. The van der Waals surface area contributed by atoms with Crippen molar-refractivity contribution in [1.29, 1.82) is 0 Å². The summed E-state index contributed by atoms with van der Waals surface area (Å²) in [5.74, 6) is 0.212. The molecular weight excluding hydrogens is 322 g/mol. The molecule has 25 heavy (non-hydrogen) atoms. The number of benzene rings is 1. The quantitative estimate of drug-likeness (QED) is 0.629. The normalized spacial score (nSPS) is 10.9. The highest BCUT2D eigenvalue weighted by Crippen LogP contribution is 2.09. The number of nitrogens with zero attached hydrogens (tertiary/aromatic N) is 2. The molecule has 130 valence electrons. The minimum absolute atomic E-state index is 0.0892. The smallest absolute Gasteiger partial charge is 0.309 e. The van der Waals surface area contributed by atoms with Gasteiger partial charge in [0, 0.05) is 24.7 Å². The average molecular weight is 341 g/mol. The van der Waals surface area contributed by atoms with Crippen molar-refractivity contribution in [2.24, 2.45) is 0 Å². The molecule has 8 nitrogen and oxygen atoms in total. The van der Waals surface area contributed by atoms with Gasteiger partial charge in [-0.05, 0) is 18.6 Å². The monoisotopic (exact) mass is 341 g/mol. The molecule has 0 aliphatic heterocycles. The van der Waals surface area contributed by atoms with E-state index in [1.807, 2.05) is 0 Å². The Hall–Kier alpha value is -3.16. The molecule has 0 bridgehead atoms. The van der Waals surface area contributed by atoms with E-state index < -0.39 is 11.2 Å². The Morgan fingerprint density at radius 2 is 2.08 bits per heavy atom. The number of H-pyrrole nitrogens is 2. The first-order chi connectivity index (χ1) is 12.1. The topological polar surface area (TPSA) is 113 Å². The lowest BCUT2D eigenvalue weighted by Crippen LogP contribution is -2.31. The minimum Gasteiger partial charge on any atom is -0.309 e. The zero-order chi connectivity index (χ0) is 17.8. The van der Waals surface area contributed by atoms with Gasteiger partial charge < -0.3 is 5.32 Å². The van der Waals surface area contributed by atoms with Gasteiger partial charge in [0.1, 0.15) is 0 Å². The summed E-state index contributed by atoms with van der Waals surface area (Å²) in [5, 5.41) is 10.0. The predicted molar refractivity (Wildman–Crippen MR) is 94.7 cm³/mol. The van der Waals surface area contributed by atoms with Gasteiger partial charge in [-0.3, -0.25) is 24.2 Å². The van der Waals surface area contributed by atoms with Crippen molar-refractivity contribution in [3.05, 3.63) is 56.9 Å². The van der Waals surface area contributed by atoms with E-state index in [-0.39, 0.29) is 18.9 Å². The fourth-order valence-electron chi connectivity index (χ4n) is 2.71. The standard InChI is InChI=1S/C17H19N5O3/c1-2-5-11-10-14(21-20-11)18-15(23)8-9-22-13-7-4-3-6-12(13)16(24)19-17(22)25/h3-4,6-7,10H,2,5,8-9H2,1H3,(H,19,24,25)(H2,18,20,21,23). The van der Waals surface area contributed by atoms with E-state index in [1.165, 1.54) is 4.57 Å².